The summed E-state index contributed by atoms with van der Waals surface area (Å²) in [5, 5.41) is 7.94. The van der Waals surface area contributed by atoms with Gasteiger partial charge in [0.15, 0.2) is 16.6 Å². The summed E-state index contributed by atoms with van der Waals surface area (Å²) in [5.41, 5.74) is 2.56. The topological polar surface area (TPSA) is 85.4 Å². The van der Waals surface area contributed by atoms with Crippen LogP contribution in [0.15, 0.2) is 48.1 Å². The molecule has 0 spiro atoms. The van der Waals surface area contributed by atoms with Crippen molar-refractivity contribution in [2.45, 2.75) is 6.54 Å². The molecule has 7 nitrogen and oxygen atoms in total. The van der Waals surface area contributed by atoms with Crippen molar-refractivity contribution in [2.24, 2.45) is 0 Å². The summed E-state index contributed by atoms with van der Waals surface area (Å²) in [6.45, 7) is 0.300. The van der Waals surface area contributed by atoms with Crippen LogP contribution in [0.3, 0.4) is 0 Å². The van der Waals surface area contributed by atoms with Crippen LogP contribution in [0.25, 0.3) is 11.3 Å². The van der Waals surface area contributed by atoms with E-state index < -0.39 is 0 Å². The molecule has 134 valence electrons. The summed E-state index contributed by atoms with van der Waals surface area (Å²) in [7, 11) is 3.14. The van der Waals surface area contributed by atoms with E-state index in [0.717, 1.165) is 16.8 Å². The molecule has 3 aromatic rings. The molecular formula is C18H18N4O3S. The number of ether oxygens (including phenoxy) is 2. The van der Waals surface area contributed by atoms with E-state index in [0.29, 0.717) is 23.2 Å². The van der Waals surface area contributed by atoms with Gasteiger partial charge in [0.05, 0.1) is 19.9 Å². The molecule has 0 bridgehead atoms. The maximum atomic E-state index is 12.1. The van der Waals surface area contributed by atoms with Crippen molar-refractivity contribution in [2.75, 3.05) is 19.5 Å². The number of pyridine rings is 1. The van der Waals surface area contributed by atoms with E-state index in [-0.39, 0.29) is 6.03 Å². The maximum absolute atomic E-state index is 12.1. The number of aromatic nitrogens is 2. The van der Waals surface area contributed by atoms with Gasteiger partial charge >= 0.3 is 6.03 Å². The largest absolute Gasteiger partial charge is 0.493 e. The van der Waals surface area contributed by atoms with Gasteiger partial charge in [-0.25, -0.2) is 9.78 Å². The minimum Gasteiger partial charge on any atom is -0.493 e. The second-order valence-corrected chi connectivity index (χ2v) is 6.09. The summed E-state index contributed by atoms with van der Waals surface area (Å²) in [6, 6.07) is 8.91. The van der Waals surface area contributed by atoms with Gasteiger partial charge in [0.1, 0.15) is 0 Å². The van der Waals surface area contributed by atoms with E-state index in [9.17, 15) is 4.79 Å². The molecule has 0 saturated heterocycles. The molecule has 1 aromatic carbocycles. The minimum atomic E-state index is -0.342. The van der Waals surface area contributed by atoms with E-state index in [1.165, 1.54) is 11.3 Å². The number of amides is 2. The van der Waals surface area contributed by atoms with Gasteiger partial charge < -0.3 is 14.8 Å². The lowest BCUT2D eigenvalue weighted by Crippen LogP contribution is -2.28. The average molecular weight is 370 g/mol. The number of carbonyl (C=O) groups is 1. The predicted molar refractivity (Wildman–Crippen MR) is 101 cm³/mol. The Hall–Kier alpha value is -3.13. The van der Waals surface area contributed by atoms with Crippen molar-refractivity contribution in [3.8, 4) is 22.8 Å². The van der Waals surface area contributed by atoms with E-state index in [1.54, 1.807) is 32.7 Å². The first-order valence-electron chi connectivity index (χ1n) is 7.82. The van der Waals surface area contributed by atoms with Crippen molar-refractivity contribution in [3.63, 3.8) is 0 Å². The molecule has 0 radical (unpaired) electrons. The van der Waals surface area contributed by atoms with Crippen LogP contribution in [-0.2, 0) is 6.54 Å². The Labute approximate surface area is 155 Å². The van der Waals surface area contributed by atoms with Gasteiger partial charge in [-0.2, -0.15) is 0 Å². The predicted octanol–water partition coefficient (Wildman–Crippen LogP) is 3.54. The summed E-state index contributed by atoms with van der Waals surface area (Å²) in [6.07, 6.45) is 3.41. The van der Waals surface area contributed by atoms with E-state index >= 15 is 0 Å². The van der Waals surface area contributed by atoms with E-state index in [1.807, 2.05) is 29.6 Å². The molecule has 2 amide bonds. The molecule has 0 aliphatic rings. The smallest absolute Gasteiger partial charge is 0.321 e. The number of para-hydroxylation sites is 1. The first-order valence-corrected chi connectivity index (χ1v) is 8.70. The average Bonchev–Trinajstić information content (AvgIpc) is 3.15. The molecule has 3 rings (SSSR count). The maximum Gasteiger partial charge on any atom is 0.321 e. The van der Waals surface area contributed by atoms with Gasteiger partial charge in [0, 0.05) is 35.4 Å². The highest BCUT2D eigenvalue weighted by atomic mass is 32.1. The van der Waals surface area contributed by atoms with E-state index in [2.05, 4.69) is 20.6 Å². The number of carbonyl (C=O) groups excluding carboxylic acids is 1. The molecule has 0 aliphatic carbocycles. The third-order valence-electron chi connectivity index (χ3n) is 3.62. The third kappa shape index (κ3) is 4.09. The van der Waals surface area contributed by atoms with Crippen molar-refractivity contribution >= 4 is 22.5 Å². The summed E-state index contributed by atoms with van der Waals surface area (Å²) >= 11 is 1.36. The van der Waals surface area contributed by atoms with Gasteiger partial charge in [-0.05, 0) is 18.2 Å². The fourth-order valence-electron chi connectivity index (χ4n) is 2.40. The number of rotatable bonds is 6. The Morgan fingerprint density at radius 2 is 1.96 bits per heavy atom. The zero-order valence-electron chi connectivity index (χ0n) is 14.4. The molecule has 0 unspecified atom stereocenters. The van der Waals surface area contributed by atoms with Crippen LogP contribution < -0.4 is 20.1 Å². The second kappa shape index (κ2) is 8.30. The molecule has 2 heterocycles. The fraction of sp³-hybridized carbons (Fsp3) is 0.167. The molecule has 8 heteroatoms. The first-order chi connectivity index (χ1) is 12.7. The zero-order chi connectivity index (χ0) is 18.4. The quantitative estimate of drug-likeness (QED) is 0.693. The Bertz CT molecular complexity index is 883. The molecular weight excluding hydrogens is 352 g/mol. The monoisotopic (exact) mass is 370 g/mol. The van der Waals surface area contributed by atoms with Gasteiger partial charge in [-0.1, -0.05) is 12.1 Å². The normalized spacial score (nSPS) is 10.2. The Kier molecular flexibility index (Phi) is 5.65. The third-order valence-corrected chi connectivity index (χ3v) is 4.38. The zero-order valence-corrected chi connectivity index (χ0v) is 15.2. The first kappa shape index (κ1) is 17.7. The molecule has 0 saturated carbocycles. The van der Waals surface area contributed by atoms with Crippen molar-refractivity contribution in [1.29, 1.82) is 0 Å². The van der Waals surface area contributed by atoms with Gasteiger partial charge in [-0.3, -0.25) is 10.3 Å². The number of methoxy groups -OCH3 is 2. The number of hydrogen-bond donors (Lipinski definition) is 2. The molecule has 0 atom stereocenters. The van der Waals surface area contributed by atoms with Crippen LogP contribution in [0, 0.1) is 0 Å². The lowest BCUT2D eigenvalue weighted by molar-refractivity contribution is 0.251. The number of thiazole rings is 1. The molecule has 0 fully saturated rings. The van der Waals surface area contributed by atoms with Crippen LogP contribution in [0.1, 0.15) is 5.56 Å². The van der Waals surface area contributed by atoms with Crippen LogP contribution in [-0.4, -0.2) is 30.2 Å². The Balaban J connectivity index is 1.61. The number of hydrogen-bond acceptors (Lipinski definition) is 6. The second-order valence-electron chi connectivity index (χ2n) is 5.23. The Morgan fingerprint density at radius 3 is 2.69 bits per heavy atom. The molecule has 2 aromatic heterocycles. The highest BCUT2D eigenvalue weighted by molar-refractivity contribution is 7.14. The number of nitrogens with one attached hydrogen (secondary N) is 2. The summed E-state index contributed by atoms with van der Waals surface area (Å²) in [4.78, 5) is 20.5. The number of anilines is 1. The minimum absolute atomic E-state index is 0.300. The van der Waals surface area contributed by atoms with Gasteiger partial charge in [0.2, 0.25) is 0 Å². The number of nitrogens with zero attached hydrogens (tertiary/aromatic N) is 2. The van der Waals surface area contributed by atoms with Crippen LogP contribution in [0.2, 0.25) is 0 Å². The van der Waals surface area contributed by atoms with Crippen molar-refractivity contribution in [1.82, 2.24) is 15.3 Å². The SMILES string of the molecule is COc1cccc(CNC(=O)Nc2nc(-c3ccncc3)cs2)c1OC. The number of benzene rings is 1. The Morgan fingerprint density at radius 1 is 1.15 bits per heavy atom. The van der Waals surface area contributed by atoms with E-state index in [4.69, 9.17) is 9.47 Å². The van der Waals surface area contributed by atoms with Gasteiger partial charge in [-0.15, -0.1) is 11.3 Å². The molecule has 0 aliphatic heterocycles. The lowest BCUT2D eigenvalue weighted by Gasteiger charge is -2.13. The van der Waals surface area contributed by atoms with Crippen molar-refractivity contribution < 1.29 is 14.3 Å². The molecule has 26 heavy (non-hydrogen) atoms. The fourth-order valence-corrected chi connectivity index (χ4v) is 3.11. The summed E-state index contributed by atoms with van der Waals surface area (Å²) < 4.78 is 10.6. The summed E-state index contributed by atoms with van der Waals surface area (Å²) in [5.74, 6) is 1.22. The van der Waals surface area contributed by atoms with Crippen LogP contribution >= 0.6 is 11.3 Å². The molecule has 2 N–H and O–H groups in total. The standard InChI is InChI=1S/C18H18N4O3S/c1-24-15-5-3-4-13(16(15)25-2)10-20-17(23)22-18-21-14(11-26-18)12-6-8-19-9-7-12/h3-9,11H,10H2,1-2H3,(H2,20,21,22,23). The van der Waals surface area contributed by atoms with Crippen LogP contribution in [0.5, 0.6) is 11.5 Å². The van der Waals surface area contributed by atoms with Crippen molar-refractivity contribution in [3.05, 3.63) is 53.7 Å². The van der Waals surface area contributed by atoms with Crippen LogP contribution in [0.4, 0.5) is 9.93 Å². The lowest BCUT2D eigenvalue weighted by atomic mass is 10.2. The highest BCUT2D eigenvalue weighted by Gasteiger charge is 2.12. The highest BCUT2D eigenvalue weighted by Crippen LogP contribution is 2.30. The van der Waals surface area contributed by atoms with Gasteiger partial charge in [0.25, 0.3) is 0 Å². The number of urea groups is 1.